The van der Waals surface area contributed by atoms with Crippen LogP contribution >= 0.6 is 27.7 Å². The number of rotatable bonds is 7. The molecule has 0 aliphatic carbocycles. The fraction of sp³-hybridized carbons (Fsp3) is 0.250. The van der Waals surface area contributed by atoms with Crippen LogP contribution in [-0.2, 0) is 10.2 Å². The summed E-state index contributed by atoms with van der Waals surface area (Å²) in [5.41, 5.74) is 4.04. The molecule has 0 spiro atoms. The van der Waals surface area contributed by atoms with E-state index in [1.54, 1.807) is 0 Å². The molecule has 180 valence electrons. The molecule has 1 unspecified atom stereocenters. The second-order valence-electron chi connectivity index (χ2n) is 9.32. The Balaban J connectivity index is 1.66. The summed E-state index contributed by atoms with van der Waals surface area (Å²) in [6, 6.07) is 26.1. The number of benzene rings is 3. The number of hydrogen-bond acceptors (Lipinski definition) is 4. The van der Waals surface area contributed by atoms with E-state index in [0.29, 0.717) is 11.6 Å². The lowest BCUT2D eigenvalue weighted by Crippen LogP contribution is -2.25. The number of amides is 1. The van der Waals surface area contributed by atoms with E-state index in [2.05, 4.69) is 76.5 Å². The van der Waals surface area contributed by atoms with Crippen molar-refractivity contribution in [2.24, 2.45) is 0 Å². The summed E-state index contributed by atoms with van der Waals surface area (Å²) in [5, 5.41) is 12.5. The third-order valence-corrected chi connectivity index (χ3v) is 7.52. The van der Waals surface area contributed by atoms with Crippen LogP contribution in [0.5, 0.6) is 0 Å². The van der Waals surface area contributed by atoms with Gasteiger partial charge in [-0.1, -0.05) is 97.9 Å². The predicted octanol–water partition coefficient (Wildman–Crippen LogP) is 7.50. The maximum absolute atomic E-state index is 13.1. The van der Waals surface area contributed by atoms with E-state index in [0.717, 1.165) is 27.2 Å². The summed E-state index contributed by atoms with van der Waals surface area (Å²) < 4.78 is 3.00. The Kier molecular flexibility index (Phi) is 7.77. The van der Waals surface area contributed by atoms with Crippen LogP contribution in [-0.4, -0.2) is 25.9 Å². The molecule has 0 radical (unpaired) electrons. The minimum atomic E-state index is -0.318. The standard InChI is InChI=1S/C28H29BrN4OS/c1-5-24(26(34)30-22-17-15-21(29)16-18-22)35-27-32-31-25(33(27)23-9-7-6-8-10-23)19-11-13-20(14-12-19)28(2,3)4/h6-18,24H,5H2,1-4H3,(H,30,34). The first-order valence-electron chi connectivity index (χ1n) is 11.6. The maximum Gasteiger partial charge on any atom is 0.237 e. The third-order valence-electron chi connectivity index (χ3n) is 5.68. The van der Waals surface area contributed by atoms with Crippen LogP contribution < -0.4 is 5.32 Å². The quantitative estimate of drug-likeness (QED) is 0.243. The number of carbonyl (C=O) groups excluding carboxylic acids is 1. The molecule has 0 bridgehead atoms. The molecule has 0 saturated heterocycles. The second-order valence-corrected chi connectivity index (χ2v) is 11.4. The molecular weight excluding hydrogens is 520 g/mol. The van der Waals surface area contributed by atoms with Gasteiger partial charge in [0.15, 0.2) is 11.0 Å². The molecule has 0 aliphatic rings. The summed E-state index contributed by atoms with van der Waals surface area (Å²) >= 11 is 4.86. The minimum absolute atomic E-state index is 0.0569. The number of hydrogen-bond donors (Lipinski definition) is 1. The largest absolute Gasteiger partial charge is 0.325 e. The van der Waals surface area contributed by atoms with Gasteiger partial charge in [-0.05, 0) is 53.8 Å². The first kappa shape index (κ1) is 25.2. The summed E-state index contributed by atoms with van der Waals surface area (Å²) in [5.74, 6) is 0.695. The lowest BCUT2D eigenvalue weighted by molar-refractivity contribution is -0.115. The Morgan fingerprint density at radius 2 is 1.63 bits per heavy atom. The molecule has 1 aromatic heterocycles. The van der Waals surface area contributed by atoms with Crippen LogP contribution in [0.3, 0.4) is 0 Å². The second kappa shape index (κ2) is 10.8. The highest BCUT2D eigenvalue weighted by molar-refractivity contribution is 9.10. The number of aromatic nitrogens is 3. The van der Waals surface area contributed by atoms with Crippen LogP contribution in [0.15, 0.2) is 88.5 Å². The zero-order valence-corrected chi connectivity index (χ0v) is 22.7. The molecule has 0 fully saturated rings. The van der Waals surface area contributed by atoms with Gasteiger partial charge in [-0.15, -0.1) is 10.2 Å². The number of nitrogens with zero attached hydrogens (tertiary/aromatic N) is 3. The average Bonchev–Trinajstić information content (AvgIpc) is 3.27. The van der Waals surface area contributed by atoms with E-state index in [-0.39, 0.29) is 16.6 Å². The van der Waals surface area contributed by atoms with Gasteiger partial charge in [0, 0.05) is 21.4 Å². The van der Waals surface area contributed by atoms with Gasteiger partial charge in [0.2, 0.25) is 5.91 Å². The van der Waals surface area contributed by atoms with Crippen molar-refractivity contribution in [3.8, 4) is 17.1 Å². The van der Waals surface area contributed by atoms with Crippen LogP contribution in [0.2, 0.25) is 0 Å². The summed E-state index contributed by atoms with van der Waals surface area (Å²) in [7, 11) is 0. The minimum Gasteiger partial charge on any atom is -0.325 e. The van der Waals surface area contributed by atoms with E-state index >= 15 is 0 Å². The number of halogens is 1. The van der Waals surface area contributed by atoms with Gasteiger partial charge in [-0.25, -0.2) is 0 Å². The molecule has 1 N–H and O–H groups in total. The molecule has 5 nitrogen and oxygen atoms in total. The van der Waals surface area contributed by atoms with Gasteiger partial charge in [-0.2, -0.15) is 0 Å². The van der Waals surface area contributed by atoms with Crippen molar-refractivity contribution in [1.82, 2.24) is 14.8 Å². The first-order chi connectivity index (χ1) is 16.8. The molecule has 4 rings (SSSR count). The molecule has 1 amide bonds. The van der Waals surface area contributed by atoms with Gasteiger partial charge in [0.25, 0.3) is 0 Å². The third kappa shape index (κ3) is 6.03. The number of para-hydroxylation sites is 1. The molecule has 35 heavy (non-hydrogen) atoms. The van der Waals surface area contributed by atoms with Crippen molar-refractivity contribution in [3.05, 3.63) is 88.9 Å². The molecule has 1 heterocycles. The predicted molar refractivity (Wildman–Crippen MR) is 148 cm³/mol. The van der Waals surface area contributed by atoms with Gasteiger partial charge in [-0.3, -0.25) is 9.36 Å². The highest BCUT2D eigenvalue weighted by Crippen LogP contribution is 2.33. The number of thioether (sulfide) groups is 1. The molecule has 1 atom stereocenters. The van der Waals surface area contributed by atoms with Gasteiger partial charge < -0.3 is 5.32 Å². The Morgan fingerprint density at radius 1 is 0.971 bits per heavy atom. The monoisotopic (exact) mass is 548 g/mol. The van der Waals surface area contributed by atoms with Crippen molar-refractivity contribution in [2.45, 2.75) is 49.9 Å². The zero-order chi connectivity index (χ0) is 25.0. The highest BCUT2D eigenvalue weighted by atomic mass is 79.9. The first-order valence-corrected chi connectivity index (χ1v) is 13.3. The Morgan fingerprint density at radius 3 is 2.23 bits per heavy atom. The van der Waals surface area contributed by atoms with Crippen LogP contribution in [0.1, 0.15) is 39.7 Å². The number of carbonyl (C=O) groups is 1. The van der Waals surface area contributed by atoms with Crippen LogP contribution in [0, 0.1) is 0 Å². The van der Waals surface area contributed by atoms with Crippen molar-refractivity contribution >= 4 is 39.3 Å². The van der Waals surface area contributed by atoms with E-state index in [1.807, 2.05) is 66.1 Å². The van der Waals surface area contributed by atoms with E-state index in [9.17, 15) is 4.79 Å². The van der Waals surface area contributed by atoms with Crippen molar-refractivity contribution in [3.63, 3.8) is 0 Å². The maximum atomic E-state index is 13.1. The Bertz CT molecular complexity index is 1280. The molecular formula is C28H29BrN4OS. The zero-order valence-electron chi connectivity index (χ0n) is 20.3. The fourth-order valence-corrected chi connectivity index (χ4v) is 4.90. The van der Waals surface area contributed by atoms with Gasteiger partial charge in [0.1, 0.15) is 0 Å². The van der Waals surface area contributed by atoms with Crippen molar-refractivity contribution in [2.75, 3.05) is 5.32 Å². The molecule has 3 aromatic carbocycles. The van der Waals surface area contributed by atoms with Gasteiger partial charge in [0.05, 0.1) is 5.25 Å². The van der Waals surface area contributed by atoms with Gasteiger partial charge >= 0.3 is 0 Å². The lowest BCUT2D eigenvalue weighted by atomic mass is 9.87. The topological polar surface area (TPSA) is 59.8 Å². The molecule has 7 heteroatoms. The average molecular weight is 550 g/mol. The van der Waals surface area contributed by atoms with E-state index < -0.39 is 0 Å². The highest BCUT2D eigenvalue weighted by Gasteiger charge is 2.24. The summed E-state index contributed by atoms with van der Waals surface area (Å²) in [4.78, 5) is 13.1. The smallest absolute Gasteiger partial charge is 0.237 e. The summed E-state index contributed by atoms with van der Waals surface area (Å²) in [6.45, 7) is 8.61. The van der Waals surface area contributed by atoms with Crippen molar-refractivity contribution < 1.29 is 4.79 Å². The Hall–Kier alpha value is -2.90. The number of nitrogens with one attached hydrogen (secondary N) is 1. The normalized spacial score (nSPS) is 12.4. The molecule has 0 saturated carbocycles. The lowest BCUT2D eigenvalue weighted by Gasteiger charge is -2.19. The molecule has 4 aromatic rings. The number of anilines is 1. The van der Waals surface area contributed by atoms with Crippen molar-refractivity contribution in [1.29, 1.82) is 0 Å². The molecule has 0 aliphatic heterocycles. The van der Waals surface area contributed by atoms with E-state index in [4.69, 9.17) is 0 Å². The van der Waals surface area contributed by atoms with Crippen LogP contribution in [0.4, 0.5) is 5.69 Å². The summed E-state index contributed by atoms with van der Waals surface area (Å²) in [6.07, 6.45) is 0.657. The fourth-order valence-electron chi connectivity index (χ4n) is 3.67. The van der Waals surface area contributed by atoms with E-state index in [1.165, 1.54) is 17.3 Å². The Labute approximate surface area is 219 Å². The van der Waals surface area contributed by atoms with Crippen LogP contribution in [0.25, 0.3) is 17.1 Å². The SMILES string of the molecule is CCC(Sc1nnc(-c2ccc(C(C)(C)C)cc2)n1-c1ccccc1)C(=O)Nc1ccc(Br)cc1.